The molecule has 20 heavy (non-hydrogen) atoms. The predicted molar refractivity (Wildman–Crippen MR) is 79.3 cm³/mol. The highest BCUT2D eigenvalue weighted by atomic mass is 16.1. The van der Waals surface area contributed by atoms with Gasteiger partial charge in [-0.05, 0) is 24.3 Å². The van der Waals surface area contributed by atoms with Gasteiger partial charge < -0.3 is 0 Å². The molecular formula is C17H12N2O. The van der Waals surface area contributed by atoms with E-state index in [4.69, 9.17) is 0 Å². The van der Waals surface area contributed by atoms with Crippen LogP contribution in [0, 0.1) is 0 Å². The van der Waals surface area contributed by atoms with Crippen molar-refractivity contribution < 1.29 is 4.79 Å². The fraction of sp³-hybridized carbons (Fsp3) is 0. The van der Waals surface area contributed by atoms with Gasteiger partial charge in [0.25, 0.3) is 0 Å². The van der Waals surface area contributed by atoms with Crippen molar-refractivity contribution in [3.05, 3.63) is 78.1 Å². The van der Waals surface area contributed by atoms with E-state index >= 15 is 0 Å². The number of allylic oxidation sites excluding steroid dienone is 1. The first-order valence-electron chi connectivity index (χ1n) is 6.32. The first-order valence-corrected chi connectivity index (χ1v) is 6.32. The third kappa shape index (κ3) is 2.62. The smallest absolute Gasteiger partial charge is 0.185 e. The van der Waals surface area contributed by atoms with Gasteiger partial charge in [-0.15, -0.1) is 0 Å². The predicted octanol–water partition coefficient (Wildman–Crippen LogP) is 3.53. The van der Waals surface area contributed by atoms with Gasteiger partial charge >= 0.3 is 0 Å². The molecule has 0 atom stereocenters. The Hall–Kier alpha value is -2.81. The van der Waals surface area contributed by atoms with Crippen molar-refractivity contribution in [3.8, 4) is 0 Å². The van der Waals surface area contributed by atoms with E-state index in [0.29, 0.717) is 11.3 Å². The van der Waals surface area contributed by atoms with Crippen molar-refractivity contribution in [2.24, 2.45) is 0 Å². The minimum atomic E-state index is -0.0411. The number of carbonyl (C=O) groups is 1. The molecule has 0 bridgehead atoms. The van der Waals surface area contributed by atoms with Gasteiger partial charge in [-0.2, -0.15) is 0 Å². The van der Waals surface area contributed by atoms with Crippen LogP contribution in [0.3, 0.4) is 0 Å². The molecule has 96 valence electrons. The van der Waals surface area contributed by atoms with E-state index < -0.39 is 0 Å². The normalized spacial score (nSPS) is 11.0. The van der Waals surface area contributed by atoms with Gasteiger partial charge in [0.15, 0.2) is 5.78 Å². The molecular weight excluding hydrogens is 248 g/mol. The SMILES string of the molecule is O=C(/C=C/c1cnc2ccccc2n1)c1ccccc1. The second-order valence-electron chi connectivity index (χ2n) is 4.35. The Morgan fingerprint density at radius 2 is 1.60 bits per heavy atom. The summed E-state index contributed by atoms with van der Waals surface area (Å²) in [5.41, 5.74) is 3.01. The first-order chi connectivity index (χ1) is 9.83. The highest BCUT2D eigenvalue weighted by Crippen LogP contribution is 2.10. The summed E-state index contributed by atoms with van der Waals surface area (Å²) in [5, 5.41) is 0. The number of benzene rings is 2. The van der Waals surface area contributed by atoms with Crippen LogP contribution in [0.4, 0.5) is 0 Å². The van der Waals surface area contributed by atoms with Crippen molar-refractivity contribution >= 4 is 22.9 Å². The zero-order valence-electron chi connectivity index (χ0n) is 10.7. The molecule has 0 saturated heterocycles. The van der Waals surface area contributed by atoms with E-state index in [1.165, 1.54) is 6.08 Å². The molecule has 3 nitrogen and oxygen atoms in total. The number of ketones is 1. The van der Waals surface area contributed by atoms with E-state index in [2.05, 4.69) is 9.97 Å². The number of rotatable bonds is 3. The Morgan fingerprint density at radius 3 is 2.40 bits per heavy atom. The molecule has 3 heteroatoms. The van der Waals surface area contributed by atoms with Crippen LogP contribution in [0.1, 0.15) is 16.1 Å². The summed E-state index contributed by atoms with van der Waals surface area (Å²) in [4.78, 5) is 20.7. The van der Waals surface area contributed by atoms with Crippen molar-refractivity contribution in [2.45, 2.75) is 0 Å². The minimum absolute atomic E-state index is 0.0411. The van der Waals surface area contributed by atoms with E-state index in [9.17, 15) is 4.79 Å². The Labute approximate surface area is 116 Å². The van der Waals surface area contributed by atoms with Crippen LogP contribution < -0.4 is 0 Å². The molecule has 0 unspecified atom stereocenters. The number of fused-ring (bicyclic) bond motifs is 1. The number of nitrogens with zero attached hydrogens (tertiary/aromatic N) is 2. The van der Waals surface area contributed by atoms with Crippen LogP contribution in [-0.2, 0) is 0 Å². The van der Waals surface area contributed by atoms with Crippen LogP contribution in [0.15, 0.2) is 66.9 Å². The second-order valence-corrected chi connectivity index (χ2v) is 4.35. The second kappa shape index (κ2) is 5.45. The molecule has 0 fully saturated rings. The summed E-state index contributed by atoms with van der Waals surface area (Å²) in [7, 11) is 0. The molecule has 1 heterocycles. The molecule has 0 amide bonds. The molecule has 0 aliphatic carbocycles. The fourth-order valence-electron chi connectivity index (χ4n) is 1.91. The Bertz CT molecular complexity index is 779. The molecule has 0 aliphatic heterocycles. The number of para-hydroxylation sites is 2. The van der Waals surface area contributed by atoms with E-state index in [0.717, 1.165) is 11.0 Å². The lowest BCUT2D eigenvalue weighted by Gasteiger charge is -1.97. The number of hydrogen-bond acceptors (Lipinski definition) is 3. The van der Waals surface area contributed by atoms with Gasteiger partial charge in [0.05, 0.1) is 22.9 Å². The van der Waals surface area contributed by atoms with Crippen molar-refractivity contribution in [1.29, 1.82) is 0 Å². The maximum atomic E-state index is 11.9. The van der Waals surface area contributed by atoms with Gasteiger partial charge in [0.2, 0.25) is 0 Å². The largest absolute Gasteiger partial charge is 0.289 e. The zero-order valence-corrected chi connectivity index (χ0v) is 10.7. The number of hydrogen-bond donors (Lipinski definition) is 0. The Morgan fingerprint density at radius 1 is 0.900 bits per heavy atom. The molecule has 0 saturated carbocycles. The Balaban J connectivity index is 1.85. The molecule has 0 spiro atoms. The summed E-state index contributed by atoms with van der Waals surface area (Å²) in [6, 6.07) is 16.8. The maximum absolute atomic E-state index is 11.9. The molecule has 2 aromatic carbocycles. The molecule has 3 aromatic rings. The third-order valence-electron chi connectivity index (χ3n) is 2.93. The van der Waals surface area contributed by atoms with Crippen LogP contribution >= 0.6 is 0 Å². The lowest BCUT2D eigenvalue weighted by Crippen LogP contribution is -1.93. The van der Waals surface area contributed by atoms with E-state index in [1.807, 2.05) is 42.5 Å². The first kappa shape index (κ1) is 12.2. The average Bonchev–Trinajstić information content (AvgIpc) is 2.53. The van der Waals surface area contributed by atoms with E-state index in [1.54, 1.807) is 24.4 Å². The molecule has 1 aromatic heterocycles. The monoisotopic (exact) mass is 260 g/mol. The molecule has 0 N–H and O–H groups in total. The number of aromatic nitrogens is 2. The molecule has 0 aliphatic rings. The number of carbonyl (C=O) groups excluding carboxylic acids is 1. The lowest BCUT2D eigenvalue weighted by atomic mass is 10.1. The quantitative estimate of drug-likeness (QED) is 0.534. The van der Waals surface area contributed by atoms with Gasteiger partial charge in [0.1, 0.15) is 0 Å². The van der Waals surface area contributed by atoms with Gasteiger partial charge in [-0.1, -0.05) is 42.5 Å². The van der Waals surface area contributed by atoms with Crippen LogP contribution in [0.2, 0.25) is 0 Å². The topological polar surface area (TPSA) is 42.9 Å². The summed E-state index contributed by atoms with van der Waals surface area (Å²) < 4.78 is 0. The zero-order chi connectivity index (χ0) is 13.8. The van der Waals surface area contributed by atoms with E-state index in [-0.39, 0.29) is 5.78 Å². The fourth-order valence-corrected chi connectivity index (χ4v) is 1.91. The average molecular weight is 260 g/mol. The lowest BCUT2D eigenvalue weighted by molar-refractivity contribution is 0.104. The van der Waals surface area contributed by atoms with Gasteiger partial charge in [-0.3, -0.25) is 9.78 Å². The van der Waals surface area contributed by atoms with Crippen molar-refractivity contribution in [2.75, 3.05) is 0 Å². The minimum Gasteiger partial charge on any atom is -0.289 e. The maximum Gasteiger partial charge on any atom is 0.185 e. The Kier molecular flexibility index (Phi) is 3.33. The van der Waals surface area contributed by atoms with Gasteiger partial charge in [-0.25, -0.2) is 4.98 Å². The van der Waals surface area contributed by atoms with Crippen LogP contribution in [-0.4, -0.2) is 15.8 Å². The summed E-state index contributed by atoms with van der Waals surface area (Å²) >= 11 is 0. The van der Waals surface area contributed by atoms with Crippen LogP contribution in [0.5, 0.6) is 0 Å². The summed E-state index contributed by atoms with van der Waals surface area (Å²) in [6.07, 6.45) is 4.88. The summed E-state index contributed by atoms with van der Waals surface area (Å²) in [6.45, 7) is 0. The molecule has 3 rings (SSSR count). The van der Waals surface area contributed by atoms with Crippen molar-refractivity contribution in [1.82, 2.24) is 9.97 Å². The summed E-state index contributed by atoms with van der Waals surface area (Å²) in [5.74, 6) is -0.0411. The van der Waals surface area contributed by atoms with Gasteiger partial charge in [0, 0.05) is 5.56 Å². The van der Waals surface area contributed by atoms with Crippen LogP contribution in [0.25, 0.3) is 17.1 Å². The molecule has 0 radical (unpaired) electrons. The highest BCUT2D eigenvalue weighted by Gasteiger charge is 2.00. The highest BCUT2D eigenvalue weighted by molar-refractivity contribution is 6.06. The standard InChI is InChI=1S/C17H12N2O/c20-17(13-6-2-1-3-7-13)11-10-14-12-18-15-8-4-5-9-16(15)19-14/h1-12H/b11-10+. The van der Waals surface area contributed by atoms with Crippen molar-refractivity contribution in [3.63, 3.8) is 0 Å². The third-order valence-corrected chi connectivity index (χ3v) is 2.93.